The Bertz CT molecular complexity index is 2220. The third-order valence-electron chi connectivity index (χ3n) is 7.79. The number of thioether (sulfide) groups is 1. The number of imidazole rings is 1. The molecule has 13 heteroatoms. The summed E-state index contributed by atoms with van der Waals surface area (Å²) >= 11 is 6.00. The standard InChI is InChI=1S/C33H24BrN5O5S2/c1-17-26(38-13-6-5-12-24(38)35-17)29(41)25-27(20-14-22(34)28(40)23(15-20)44-2)39(31(43)30(25)42)32-36-37-33(46-32)45-16-19-10-7-9-18-8-3-4-11-21(18)19/h3-15,27,40-41H,16H2,1-2H3. The lowest BCUT2D eigenvalue weighted by Crippen LogP contribution is -2.29. The highest BCUT2D eigenvalue weighted by molar-refractivity contribution is 9.10. The number of aryl methyl sites for hydroxylation is 1. The summed E-state index contributed by atoms with van der Waals surface area (Å²) in [7, 11) is 1.40. The van der Waals surface area contributed by atoms with Crippen molar-refractivity contribution >= 4 is 78.0 Å². The zero-order valence-electron chi connectivity index (χ0n) is 24.3. The quantitative estimate of drug-likeness (QED) is 0.0588. The second-order valence-corrected chi connectivity index (χ2v) is 13.5. The van der Waals surface area contributed by atoms with E-state index in [2.05, 4.69) is 55.4 Å². The molecule has 46 heavy (non-hydrogen) atoms. The molecule has 10 nitrogen and oxygen atoms in total. The van der Waals surface area contributed by atoms with Crippen LogP contribution in [0.3, 0.4) is 0 Å². The number of anilines is 1. The molecule has 0 saturated carbocycles. The van der Waals surface area contributed by atoms with Gasteiger partial charge in [0.05, 0.1) is 28.9 Å². The van der Waals surface area contributed by atoms with Crippen molar-refractivity contribution in [3.8, 4) is 11.5 Å². The monoisotopic (exact) mass is 713 g/mol. The van der Waals surface area contributed by atoms with Crippen LogP contribution in [0.15, 0.2) is 93.4 Å². The fourth-order valence-electron chi connectivity index (χ4n) is 5.69. The summed E-state index contributed by atoms with van der Waals surface area (Å²) in [6, 6.07) is 21.6. The minimum absolute atomic E-state index is 0.115. The number of halogens is 1. The van der Waals surface area contributed by atoms with Crippen LogP contribution in [0, 0.1) is 6.92 Å². The smallest absolute Gasteiger partial charge is 0.301 e. The minimum Gasteiger partial charge on any atom is -0.505 e. The second kappa shape index (κ2) is 11.9. The maximum absolute atomic E-state index is 13.8. The van der Waals surface area contributed by atoms with Gasteiger partial charge < -0.3 is 14.9 Å². The number of amides is 1. The van der Waals surface area contributed by atoms with Gasteiger partial charge in [0, 0.05) is 11.9 Å². The summed E-state index contributed by atoms with van der Waals surface area (Å²) in [5.41, 5.74) is 2.70. The molecule has 230 valence electrons. The van der Waals surface area contributed by atoms with Gasteiger partial charge in [-0.05, 0) is 69.0 Å². The molecule has 2 N–H and O–H groups in total. The van der Waals surface area contributed by atoms with Gasteiger partial charge in [0.25, 0.3) is 5.78 Å². The predicted molar refractivity (Wildman–Crippen MR) is 180 cm³/mol. The molecule has 0 aliphatic carbocycles. The van der Waals surface area contributed by atoms with Gasteiger partial charge in [0.15, 0.2) is 21.6 Å². The number of aromatic nitrogens is 4. The van der Waals surface area contributed by atoms with E-state index in [0.29, 0.717) is 27.0 Å². The highest BCUT2D eigenvalue weighted by atomic mass is 79.9. The molecule has 1 unspecified atom stereocenters. The number of rotatable bonds is 7. The fraction of sp³-hybridized carbons (Fsp3) is 0.121. The third kappa shape index (κ3) is 5.00. The molecule has 1 atom stereocenters. The summed E-state index contributed by atoms with van der Waals surface area (Å²) in [5, 5.41) is 33.5. The number of aliphatic hydroxyl groups excluding tert-OH is 1. The van der Waals surface area contributed by atoms with Crippen molar-refractivity contribution in [3.63, 3.8) is 0 Å². The molecule has 4 heterocycles. The first kappa shape index (κ1) is 30.0. The van der Waals surface area contributed by atoms with E-state index in [-0.39, 0.29) is 38.1 Å². The van der Waals surface area contributed by atoms with Gasteiger partial charge in [-0.2, -0.15) is 0 Å². The first-order valence-electron chi connectivity index (χ1n) is 14.0. The zero-order valence-corrected chi connectivity index (χ0v) is 27.6. The number of ketones is 1. The molecule has 7 rings (SSSR count). The SMILES string of the molecule is COc1cc(C2C(=C(O)c3c(C)nc4ccccn34)C(=O)C(=O)N2c2nnc(SCc3cccc4ccccc34)s2)cc(Br)c1O. The topological polar surface area (TPSA) is 130 Å². The van der Waals surface area contributed by atoms with Gasteiger partial charge in [0.1, 0.15) is 11.3 Å². The lowest BCUT2D eigenvalue weighted by atomic mass is 9.96. The highest BCUT2D eigenvalue weighted by Crippen LogP contribution is 2.47. The minimum atomic E-state index is -1.12. The molecule has 0 radical (unpaired) electrons. The van der Waals surface area contributed by atoms with Crippen LogP contribution in [0.25, 0.3) is 22.2 Å². The Morgan fingerprint density at radius 3 is 2.67 bits per heavy atom. The van der Waals surface area contributed by atoms with Crippen LogP contribution in [-0.4, -0.2) is 48.6 Å². The number of nitrogens with zero attached hydrogens (tertiary/aromatic N) is 5. The van der Waals surface area contributed by atoms with Crippen LogP contribution in [0.1, 0.15) is 28.6 Å². The van der Waals surface area contributed by atoms with Crippen LogP contribution >= 0.6 is 39.0 Å². The normalized spacial score (nSPS) is 16.2. The maximum Gasteiger partial charge on any atom is 0.301 e. The summed E-state index contributed by atoms with van der Waals surface area (Å²) in [6.07, 6.45) is 1.72. The van der Waals surface area contributed by atoms with E-state index in [1.54, 1.807) is 35.7 Å². The van der Waals surface area contributed by atoms with Crippen LogP contribution in [0.2, 0.25) is 0 Å². The van der Waals surface area contributed by atoms with Crippen molar-refractivity contribution < 1.29 is 24.5 Å². The molecule has 1 aliphatic heterocycles. The molecule has 1 saturated heterocycles. The number of benzene rings is 3. The van der Waals surface area contributed by atoms with Crippen LogP contribution in [0.4, 0.5) is 5.13 Å². The second-order valence-electron chi connectivity index (χ2n) is 10.5. The number of aliphatic hydroxyl groups is 1. The lowest BCUT2D eigenvalue weighted by Gasteiger charge is -2.23. The summed E-state index contributed by atoms with van der Waals surface area (Å²) < 4.78 is 7.93. The van der Waals surface area contributed by atoms with Crippen molar-refractivity contribution in [2.75, 3.05) is 12.0 Å². The Balaban J connectivity index is 1.33. The van der Waals surface area contributed by atoms with E-state index in [1.807, 2.05) is 24.3 Å². The Morgan fingerprint density at radius 1 is 1.07 bits per heavy atom. The number of aromatic hydroxyl groups is 1. The van der Waals surface area contributed by atoms with Crippen LogP contribution in [-0.2, 0) is 15.3 Å². The van der Waals surface area contributed by atoms with E-state index < -0.39 is 17.7 Å². The number of phenols is 1. The van der Waals surface area contributed by atoms with Crippen molar-refractivity contribution in [1.29, 1.82) is 0 Å². The summed E-state index contributed by atoms with van der Waals surface area (Å²) in [5.74, 6) is -1.57. The summed E-state index contributed by atoms with van der Waals surface area (Å²) in [4.78, 5) is 33.4. The molecule has 3 aromatic heterocycles. The number of pyridine rings is 1. The average Bonchev–Trinajstić information content (AvgIpc) is 3.74. The van der Waals surface area contributed by atoms with Crippen molar-refractivity contribution in [3.05, 3.63) is 112 Å². The van der Waals surface area contributed by atoms with Gasteiger partial charge in [0.2, 0.25) is 5.13 Å². The number of fused-ring (bicyclic) bond motifs is 2. The Labute approximate surface area is 279 Å². The molecule has 1 amide bonds. The lowest BCUT2D eigenvalue weighted by molar-refractivity contribution is -0.132. The number of hydrogen-bond acceptors (Lipinski definition) is 10. The molecular formula is C33H24BrN5O5S2. The number of hydrogen-bond donors (Lipinski definition) is 2. The predicted octanol–water partition coefficient (Wildman–Crippen LogP) is 7.04. The molecule has 0 spiro atoms. The number of carbonyl (C=O) groups excluding carboxylic acids is 2. The van der Waals surface area contributed by atoms with Gasteiger partial charge in [-0.3, -0.25) is 18.9 Å². The van der Waals surface area contributed by atoms with Crippen molar-refractivity contribution in [2.45, 2.75) is 23.1 Å². The fourth-order valence-corrected chi connectivity index (χ4v) is 8.03. The Kier molecular flexibility index (Phi) is 7.75. The van der Waals surface area contributed by atoms with Crippen LogP contribution in [0.5, 0.6) is 11.5 Å². The van der Waals surface area contributed by atoms with Crippen LogP contribution < -0.4 is 9.64 Å². The van der Waals surface area contributed by atoms with Gasteiger partial charge in [-0.1, -0.05) is 71.6 Å². The highest BCUT2D eigenvalue weighted by Gasteiger charge is 2.49. The molecule has 1 fully saturated rings. The van der Waals surface area contributed by atoms with Gasteiger partial charge in [-0.15, -0.1) is 10.2 Å². The Morgan fingerprint density at radius 2 is 1.85 bits per heavy atom. The first-order chi connectivity index (χ1) is 22.3. The maximum atomic E-state index is 13.8. The van der Waals surface area contributed by atoms with Gasteiger partial charge >= 0.3 is 5.91 Å². The van der Waals surface area contributed by atoms with Gasteiger partial charge in [-0.25, -0.2) is 4.98 Å². The number of phenolic OH excluding ortho intramolecular Hbond substituents is 1. The molecule has 1 aliphatic rings. The number of ether oxygens (including phenoxy) is 1. The largest absolute Gasteiger partial charge is 0.505 e. The molecule has 3 aromatic carbocycles. The van der Waals surface area contributed by atoms with E-state index in [0.717, 1.165) is 16.3 Å². The van der Waals surface area contributed by atoms with E-state index in [4.69, 9.17) is 4.74 Å². The number of carbonyl (C=O) groups is 2. The summed E-state index contributed by atoms with van der Waals surface area (Å²) in [6.45, 7) is 1.72. The molecule has 0 bridgehead atoms. The van der Waals surface area contributed by atoms with Crippen molar-refractivity contribution in [2.24, 2.45) is 0 Å². The Hall–Kier alpha value is -4.72. The average molecular weight is 715 g/mol. The molecule has 6 aromatic rings. The van der Waals surface area contributed by atoms with E-state index in [9.17, 15) is 19.8 Å². The first-order valence-corrected chi connectivity index (χ1v) is 16.6. The number of Topliss-reactive ketones (excluding diaryl/α,β-unsaturated/α-hetero) is 1. The number of methoxy groups -OCH3 is 1. The third-order valence-corrected chi connectivity index (χ3v) is 10.5. The molecular weight excluding hydrogens is 690 g/mol. The van der Waals surface area contributed by atoms with E-state index >= 15 is 0 Å². The van der Waals surface area contributed by atoms with E-state index in [1.165, 1.54) is 41.2 Å². The van der Waals surface area contributed by atoms with Crippen molar-refractivity contribution in [1.82, 2.24) is 19.6 Å². The zero-order chi connectivity index (χ0) is 32.1.